The minimum Gasteiger partial charge on any atom is -0.481 e. The van der Waals surface area contributed by atoms with Gasteiger partial charge in [-0.3, -0.25) is 9.69 Å². The Balaban J connectivity index is 1.49. The molecule has 0 amide bonds. The smallest absolute Gasteiger partial charge is 0.304 e. The summed E-state index contributed by atoms with van der Waals surface area (Å²) in [7, 11) is 0. The van der Waals surface area contributed by atoms with Crippen molar-refractivity contribution in [2.45, 2.75) is 57.8 Å². The van der Waals surface area contributed by atoms with E-state index in [1.165, 1.54) is 29.5 Å². The van der Waals surface area contributed by atoms with Gasteiger partial charge in [-0.25, -0.2) is 4.98 Å². The van der Waals surface area contributed by atoms with E-state index < -0.39 is 5.97 Å². The molecular formula is C24H33N3O2S. The molecule has 0 unspecified atom stereocenters. The van der Waals surface area contributed by atoms with Crippen molar-refractivity contribution in [3.05, 3.63) is 34.7 Å². The minimum absolute atomic E-state index is 0.200. The predicted octanol–water partition coefficient (Wildman–Crippen LogP) is 4.76. The van der Waals surface area contributed by atoms with E-state index >= 15 is 0 Å². The van der Waals surface area contributed by atoms with E-state index in [0.717, 1.165) is 37.0 Å². The molecule has 1 fully saturated rings. The molecule has 4 rings (SSSR count). The van der Waals surface area contributed by atoms with Gasteiger partial charge in [0.2, 0.25) is 0 Å². The molecule has 0 bridgehead atoms. The zero-order valence-electron chi connectivity index (χ0n) is 18.6. The molecular weight excluding hydrogens is 394 g/mol. The molecule has 162 valence electrons. The van der Waals surface area contributed by atoms with Crippen molar-refractivity contribution in [2.75, 3.05) is 37.6 Å². The van der Waals surface area contributed by atoms with Gasteiger partial charge < -0.3 is 10.0 Å². The summed E-state index contributed by atoms with van der Waals surface area (Å²) in [5.74, 6) is -0.724. The van der Waals surface area contributed by atoms with Crippen molar-refractivity contribution < 1.29 is 9.90 Å². The van der Waals surface area contributed by atoms with E-state index in [1.807, 2.05) is 0 Å². The number of hydrogen-bond acceptors (Lipinski definition) is 5. The summed E-state index contributed by atoms with van der Waals surface area (Å²) >= 11 is 1.71. The van der Waals surface area contributed by atoms with Gasteiger partial charge in [-0.05, 0) is 40.9 Å². The second-order valence-electron chi connectivity index (χ2n) is 10.0. The molecule has 1 saturated heterocycles. The molecule has 6 heteroatoms. The number of fused-ring (bicyclic) bond motifs is 1. The van der Waals surface area contributed by atoms with E-state index in [0.29, 0.717) is 6.54 Å². The fourth-order valence-corrected chi connectivity index (χ4v) is 5.60. The maximum atomic E-state index is 10.8. The van der Waals surface area contributed by atoms with Gasteiger partial charge in [0.1, 0.15) is 0 Å². The Morgan fingerprint density at radius 2 is 1.73 bits per heavy atom. The first-order valence-corrected chi connectivity index (χ1v) is 11.8. The fraction of sp³-hybridized carbons (Fsp3) is 0.583. The first-order chi connectivity index (χ1) is 14.2. The summed E-state index contributed by atoms with van der Waals surface area (Å²) in [6.45, 7) is 13.7. The van der Waals surface area contributed by atoms with Crippen LogP contribution in [-0.4, -0.2) is 53.7 Å². The molecule has 2 aliphatic rings. The monoisotopic (exact) mass is 427 g/mol. The lowest BCUT2D eigenvalue weighted by Gasteiger charge is -2.42. The Hall–Kier alpha value is -1.92. The zero-order valence-corrected chi connectivity index (χ0v) is 19.4. The highest BCUT2D eigenvalue weighted by molar-refractivity contribution is 7.14. The van der Waals surface area contributed by atoms with Crippen LogP contribution in [0.25, 0.3) is 11.3 Å². The summed E-state index contributed by atoms with van der Waals surface area (Å²) in [4.78, 5) is 20.3. The number of thiazole rings is 1. The van der Waals surface area contributed by atoms with Crippen LogP contribution in [-0.2, 0) is 15.6 Å². The van der Waals surface area contributed by atoms with Gasteiger partial charge in [-0.1, -0.05) is 39.8 Å². The van der Waals surface area contributed by atoms with Gasteiger partial charge in [-0.15, -0.1) is 11.3 Å². The SMILES string of the molecule is CC1(C)CCC(C)(C)c2cc(-c3csc(N4CCN(CCC(=O)O)CC4)n3)ccc21. The van der Waals surface area contributed by atoms with E-state index in [-0.39, 0.29) is 17.3 Å². The van der Waals surface area contributed by atoms with Gasteiger partial charge in [0, 0.05) is 43.7 Å². The average Bonchev–Trinajstić information content (AvgIpc) is 3.20. The molecule has 0 atom stereocenters. The summed E-state index contributed by atoms with van der Waals surface area (Å²) in [6, 6.07) is 6.94. The molecule has 0 saturated carbocycles. The van der Waals surface area contributed by atoms with E-state index in [1.54, 1.807) is 11.3 Å². The zero-order chi connectivity index (χ0) is 21.5. The number of hydrogen-bond donors (Lipinski definition) is 1. The molecule has 0 spiro atoms. The summed E-state index contributed by atoms with van der Waals surface area (Å²) in [5, 5.41) is 12.1. The van der Waals surface area contributed by atoms with Crippen LogP contribution in [0, 0.1) is 0 Å². The third-order valence-corrected chi connectivity index (χ3v) is 7.83. The van der Waals surface area contributed by atoms with Gasteiger partial charge in [0.15, 0.2) is 5.13 Å². The second kappa shape index (κ2) is 7.97. The normalized spacial score (nSPS) is 20.7. The van der Waals surface area contributed by atoms with Crippen LogP contribution in [0.1, 0.15) is 58.1 Å². The topological polar surface area (TPSA) is 56.7 Å². The quantitative estimate of drug-likeness (QED) is 0.746. The van der Waals surface area contributed by atoms with Gasteiger partial charge in [0.25, 0.3) is 0 Å². The third kappa shape index (κ3) is 4.26. The number of carboxylic acids is 1. The lowest BCUT2D eigenvalue weighted by molar-refractivity contribution is -0.137. The molecule has 2 heterocycles. The number of anilines is 1. The number of aromatic nitrogens is 1. The van der Waals surface area contributed by atoms with E-state index in [9.17, 15) is 4.79 Å². The lowest BCUT2D eigenvalue weighted by Crippen LogP contribution is -2.46. The largest absolute Gasteiger partial charge is 0.481 e. The van der Waals surface area contributed by atoms with Crippen LogP contribution in [0.3, 0.4) is 0 Å². The first kappa shape index (κ1) is 21.3. The first-order valence-electron chi connectivity index (χ1n) is 11.0. The molecule has 5 nitrogen and oxygen atoms in total. The van der Waals surface area contributed by atoms with Crippen LogP contribution in [0.5, 0.6) is 0 Å². The maximum Gasteiger partial charge on any atom is 0.304 e. The fourth-order valence-electron chi connectivity index (χ4n) is 4.71. The Bertz CT molecular complexity index is 926. The molecule has 0 radical (unpaired) electrons. The maximum absolute atomic E-state index is 10.8. The molecule has 30 heavy (non-hydrogen) atoms. The number of rotatable bonds is 5. The minimum atomic E-state index is -0.724. The Morgan fingerprint density at radius 1 is 1.07 bits per heavy atom. The highest BCUT2D eigenvalue weighted by Gasteiger charge is 2.37. The second-order valence-corrected chi connectivity index (χ2v) is 10.9. The lowest BCUT2D eigenvalue weighted by atomic mass is 9.63. The number of aliphatic carboxylic acids is 1. The summed E-state index contributed by atoms with van der Waals surface area (Å²) < 4.78 is 0. The van der Waals surface area contributed by atoms with Gasteiger partial charge in [-0.2, -0.15) is 0 Å². The number of carbonyl (C=O) groups is 1. The third-order valence-electron chi connectivity index (χ3n) is 6.93. The van der Waals surface area contributed by atoms with Crippen LogP contribution in [0.2, 0.25) is 0 Å². The van der Waals surface area contributed by atoms with Crippen LogP contribution >= 0.6 is 11.3 Å². The number of nitrogens with zero attached hydrogens (tertiary/aromatic N) is 3. The standard InChI is InChI=1S/C24H33N3O2S/c1-23(2)8-9-24(3,4)19-15-17(5-6-18(19)23)20-16-30-22(25-20)27-13-11-26(12-14-27)10-7-21(28)29/h5-6,15-16H,7-14H2,1-4H3,(H,28,29). The molecule has 2 aromatic rings. The highest BCUT2D eigenvalue weighted by Crippen LogP contribution is 2.46. The molecule has 1 aliphatic heterocycles. The van der Waals surface area contributed by atoms with Crippen molar-refractivity contribution in [1.29, 1.82) is 0 Å². The number of benzene rings is 1. The molecule has 1 aliphatic carbocycles. The van der Waals surface area contributed by atoms with Crippen molar-refractivity contribution in [3.63, 3.8) is 0 Å². The van der Waals surface area contributed by atoms with Crippen molar-refractivity contribution in [3.8, 4) is 11.3 Å². The Labute approximate surface area is 183 Å². The highest BCUT2D eigenvalue weighted by atomic mass is 32.1. The molecule has 1 N–H and O–H groups in total. The van der Waals surface area contributed by atoms with Crippen molar-refractivity contribution in [2.24, 2.45) is 0 Å². The van der Waals surface area contributed by atoms with E-state index in [2.05, 4.69) is 61.1 Å². The average molecular weight is 428 g/mol. The van der Waals surface area contributed by atoms with Crippen molar-refractivity contribution >= 4 is 22.4 Å². The number of piperazine rings is 1. The summed E-state index contributed by atoms with van der Waals surface area (Å²) in [5.41, 5.74) is 5.66. The van der Waals surface area contributed by atoms with Crippen molar-refractivity contribution in [1.82, 2.24) is 9.88 Å². The van der Waals surface area contributed by atoms with Gasteiger partial charge >= 0.3 is 5.97 Å². The van der Waals surface area contributed by atoms with Crippen LogP contribution in [0.4, 0.5) is 5.13 Å². The summed E-state index contributed by atoms with van der Waals surface area (Å²) in [6.07, 6.45) is 2.66. The Kier molecular flexibility index (Phi) is 5.66. The van der Waals surface area contributed by atoms with E-state index in [4.69, 9.17) is 10.1 Å². The molecule has 1 aromatic heterocycles. The van der Waals surface area contributed by atoms with Gasteiger partial charge in [0.05, 0.1) is 12.1 Å². The van der Waals surface area contributed by atoms with Crippen LogP contribution < -0.4 is 4.90 Å². The molecule has 1 aromatic carbocycles. The number of carboxylic acid groups (broad SMARTS) is 1. The Morgan fingerprint density at radius 3 is 2.40 bits per heavy atom. The van der Waals surface area contributed by atoms with Crippen LogP contribution in [0.15, 0.2) is 23.6 Å². The predicted molar refractivity (Wildman–Crippen MR) is 124 cm³/mol.